The second kappa shape index (κ2) is 11.0. The molecule has 0 aliphatic heterocycles. The van der Waals surface area contributed by atoms with Gasteiger partial charge in [-0.2, -0.15) is 0 Å². The van der Waals surface area contributed by atoms with Crippen molar-refractivity contribution in [2.75, 3.05) is 6.54 Å². The number of nitrogens with zero attached hydrogens (tertiary/aromatic N) is 3. The normalized spacial score (nSPS) is 15.1. The maximum atomic E-state index is 13.6. The zero-order valence-electron chi connectivity index (χ0n) is 18.0. The minimum Gasteiger partial charge on any atom is -0.351 e. The monoisotopic (exact) mass is 448 g/mol. The first-order valence-corrected chi connectivity index (χ1v) is 12.0. The predicted molar refractivity (Wildman–Crippen MR) is 125 cm³/mol. The van der Waals surface area contributed by atoms with Crippen LogP contribution in [0.2, 0.25) is 0 Å². The summed E-state index contributed by atoms with van der Waals surface area (Å²) in [7, 11) is 0. The van der Waals surface area contributed by atoms with Gasteiger partial charge in [0, 0.05) is 18.0 Å². The van der Waals surface area contributed by atoms with E-state index in [2.05, 4.69) is 14.9 Å². The molecule has 1 fully saturated rings. The summed E-state index contributed by atoms with van der Waals surface area (Å²) in [5, 5.41) is 8.86. The number of nitrogens with one attached hydrogen (secondary N) is 1. The van der Waals surface area contributed by atoms with Crippen molar-refractivity contribution < 1.29 is 9.59 Å². The summed E-state index contributed by atoms with van der Waals surface area (Å²) in [6.45, 7) is 0.401. The van der Waals surface area contributed by atoms with E-state index >= 15 is 0 Å². The summed E-state index contributed by atoms with van der Waals surface area (Å²) >= 11 is 1.14. The van der Waals surface area contributed by atoms with E-state index in [0.29, 0.717) is 13.0 Å². The van der Waals surface area contributed by atoms with Crippen LogP contribution in [0.25, 0.3) is 0 Å². The third kappa shape index (κ3) is 5.59. The Balaban J connectivity index is 1.64. The first-order chi connectivity index (χ1) is 15.7. The average molecular weight is 449 g/mol. The molecule has 7 heteroatoms. The number of hydrogen-bond acceptors (Lipinski definition) is 5. The lowest BCUT2D eigenvalue weighted by atomic mass is 9.94. The van der Waals surface area contributed by atoms with Gasteiger partial charge in [-0.1, -0.05) is 84.4 Å². The molecule has 3 aromatic rings. The van der Waals surface area contributed by atoms with Crippen LogP contribution in [0.15, 0.2) is 66.0 Å². The van der Waals surface area contributed by atoms with Crippen molar-refractivity contribution in [3.05, 3.63) is 82.9 Å². The molecule has 1 aliphatic carbocycles. The topological polar surface area (TPSA) is 75.2 Å². The summed E-state index contributed by atoms with van der Waals surface area (Å²) in [5.74, 6) is -0.407. The third-order valence-electron chi connectivity index (χ3n) is 5.95. The summed E-state index contributed by atoms with van der Waals surface area (Å²) in [6, 6.07) is 19.0. The minimum absolute atomic E-state index is 0.132. The molecule has 1 saturated carbocycles. The molecule has 32 heavy (non-hydrogen) atoms. The van der Waals surface area contributed by atoms with Crippen LogP contribution in [0.5, 0.6) is 0 Å². The molecule has 1 aromatic heterocycles. The molecule has 2 amide bonds. The molecule has 0 unspecified atom stereocenters. The van der Waals surface area contributed by atoms with E-state index in [1.54, 1.807) is 10.3 Å². The molecule has 4 rings (SSSR count). The third-order valence-corrected chi connectivity index (χ3v) is 6.46. The average Bonchev–Trinajstić information content (AvgIpc) is 3.38. The van der Waals surface area contributed by atoms with Crippen LogP contribution in [0, 0.1) is 0 Å². The fraction of sp³-hybridized carbons (Fsp3) is 0.360. The van der Waals surface area contributed by atoms with Crippen molar-refractivity contribution in [3.63, 3.8) is 0 Å². The van der Waals surface area contributed by atoms with E-state index in [4.69, 9.17) is 0 Å². The molecule has 166 valence electrons. The van der Waals surface area contributed by atoms with E-state index in [0.717, 1.165) is 48.3 Å². The number of amides is 2. The minimum atomic E-state index is -0.726. The highest BCUT2D eigenvalue weighted by molar-refractivity contribution is 7.03. The summed E-state index contributed by atoms with van der Waals surface area (Å²) in [4.78, 5) is 28.7. The summed E-state index contributed by atoms with van der Waals surface area (Å²) in [6.07, 6.45) is 6.09. The highest BCUT2D eigenvalue weighted by Crippen LogP contribution is 2.26. The van der Waals surface area contributed by atoms with Crippen molar-refractivity contribution in [1.29, 1.82) is 0 Å². The number of carbonyl (C=O) groups is 2. The number of carbonyl (C=O) groups excluding carboxylic acids is 2. The van der Waals surface area contributed by atoms with E-state index in [-0.39, 0.29) is 23.6 Å². The van der Waals surface area contributed by atoms with E-state index < -0.39 is 6.04 Å². The van der Waals surface area contributed by atoms with Crippen LogP contribution in [0.1, 0.15) is 59.8 Å². The van der Waals surface area contributed by atoms with Crippen LogP contribution < -0.4 is 5.32 Å². The number of rotatable bonds is 8. The standard InChI is InChI=1S/C25H28N4O2S/c30-24(26-21-14-8-3-9-15-21)23(20-12-6-2-7-13-20)29(25(31)22-18-32-28-27-22)17-16-19-10-4-1-5-11-19/h1-2,4-7,10-13,18,21,23H,3,8-9,14-17H2,(H,26,30)/t23-/m1/s1. The maximum Gasteiger partial charge on any atom is 0.276 e. The molecule has 1 aliphatic rings. The molecule has 1 heterocycles. The van der Waals surface area contributed by atoms with Gasteiger partial charge in [0.2, 0.25) is 5.91 Å². The van der Waals surface area contributed by atoms with Gasteiger partial charge >= 0.3 is 0 Å². The Hall–Kier alpha value is -3.06. The van der Waals surface area contributed by atoms with Crippen LogP contribution in [-0.4, -0.2) is 38.9 Å². The smallest absolute Gasteiger partial charge is 0.276 e. The SMILES string of the molecule is O=C(NC1CCCCC1)[C@@H](c1ccccc1)N(CCc1ccccc1)C(=O)c1csnn1. The molecule has 0 radical (unpaired) electrons. The summed E-state index contributed by atoms with van der Waals surface area (Å²) in [5.41, 5.74) is 2.18. The largest absolute Gasteiger partial charge is 0.351 e. The fourth-order valence-corrected chi connectivity index (χ4v) is 4.71. The van der Waals surface area contributed by atoms with Gasteiger partial charge in [-0.25, -0.2) is 0 Å². The molecule has 0 saturated heterocycles. The van der Waals surface area contributed by atoms with E-state index in [1.807, 2.05) is 60.7 Å². The lowest BCUT2D eigenvalue weighted by Gasteiger charge is -2.33. The Morgan fingerprint density at radius 2 is 1.69 bits per heavy atom. The van der Waals surface area contributed by atoms with Crippen LogP contribution >= 0.6 is 11.5 Å². The van der Waals surface area contributed by atoms with Gasteiger partial charge in [0.15, 0.2) is 5.69 Å². The number of benzene rings is 2. The Labute approximate surface area is 192 Å². The van der Waals surface area contributed by atoms with Crippen LogP contribution in [0.4, 0.5) is 0 Å². The van der Waals surface area contributed by atoms with Gasteiger partial charge in [0.05, 0.1) is 0 Å². The number of aromatic nitrogens is 2. The zero-order chi connectivity index (χ0) is 22.2. The molecule has 0 bridgehead atoms. The lowest BCUT2D eigenvalue weighted by Crippen LogP contribution is -2.47. The van der Waals surface area contributed by atoms with Crippen molar-refractivity contribution in [2.45, 2.75) is 50.6 Å². The van der Waals surface area contributed by atoms with E-state index in [9.17, 15) is 9.59 Å². The molecule has 0 spiro atoms. The fourth-order valence-electron chi connectivity index (χ4n) is 4.28. The van der Waals surface area contributed by atoms with Gasteiger partial charge in [-0.05, 0) is 41.9 Å². The highest BCUT2D eigenvalue weighted by Gasteiger charge is 2.34. The van der Waals surface area contributed by atoms with Crippen molar-refractivity contribution in [1.82, 2.24) is 19.8 Å². The summed E-state index contributed by atoms with van der Waals surface area (Å²) < 4.78 is 3.86. The van der Waals surface area contributed by atoms with Crippen molar-refractivity contribution in [2.24, 2.45) is 0 Å². The predicted octanol–water partition coefficient (Wildman–Crippen LogP) is 4.41. The molecule has 1 N–H and O–H groups in total. The first-order valence-electron chi connectivity index (χ1n) is 11.2. The van der Waals surface area contributed by atoms with Gasteiger partial charge < -0.3 is 10.2 Å². The lowest BCUT2D eigenvalue weighted by molar-refractivity contribution is -0.126. The van der Waals surface area contributed by atoms with Crippen molar-refractivity contribution in [3.8, 4) is 0 Å². The van der Waals surface area contributed by atoms with Crippen molar-refractivity contribution >= 4 is 23.3 Å². The number of hydrogen-bond donors (Lipinski definition) is 1. The first kappa shape index (κ1) is 22.1. The Morgan fingerprint density at radius 1 is 1.00 bits per heavy atom. The molecule has 6 nitrogen and oxygen atoms in total. The molecular formula is C25H28N4O2S. The zero-order valence-corrected chi connectivity index (χ0v) is 18.8. The van der Waals surface area contributed by atoms with Gasteiger partial charge in [-0.3, -0.25) is 9.59 Å². The highest BCUT2D eigenvalue weighted by atomic mass is 32.1. The molecule has 1 atom stereocenters. The maximum absolute atomic E-state index is 13.6. The molecule has 2 aromatic carbocycles. The Morgan fingerprint density at radius 3 is 2.34 bits per heavy atom. The Kier molecular flexibility index (Phi) is 7.61. The van der Waals surface area contributed by atoms with Gasteiger partial charge in [0.1, 0.15) is 6.04 Å². The Bertz CT molecular complexity index is 989. The van der Waals surface area contributed by atoms with Crippen LogP contribution in [0.3, 0.4) is 0 Å². The quantitative estimate of drug-likeness (QED) is 0.554. The molecular weight excluding hydrogens is 420 g/mol. The second-order valence-corrected chi connectivity index (χ2v) is 8.79. The second-order valence-electron chi connectivity index (χ2n) is 8.18. The van der Waals surface area contributed by atoms with Crippen LogP contribution in [-0.2, 0) is 11.2 Å². The van der Waals surface area contributed by atoms with Gasteiger partial charge in [-0.15, -0.1) is 5.10 Å². The van der Waals surface area contributed by atoms with Gasteiger partial charge in [0.25, 0.3) is 5.91 Å². The van der Waals surface area contributed by atoms with E-state index in [1.165, 1.54) is 6.42 Å².